The van der Waals surface area contributed by atoms with Gasteiger partial charge in [-0.05, 0) is 27.2 Å². The topological polar surface area (TPSA) is 78.5 Å². The standard InChI is InChI=1S/C11H19N3O3/c1-7(15)11(2,3)14(4)9(16)8-5-6-12-10(17)13-8/h8H,5-6H2,1-4H3,(H2,12,13,17). The second-order valence-electron chi connectivity index (χ2n) is 4.75. The summed E-state index contributed by atoms with van der Waals surface area (Å²) in [5.74, 6) is -0.325. The maximum Gasteiger partial charge on any atom is 0.315 e. The maximum atomic E-state index is 12.1. The average molecular weight is 241 g/mol. The Morgan fingerprint density at radius 1 is 1.41 bits per heavy atom. The number of amides is 3. The summed E-state index contributed by atoms with van der Waals surface area (Å²) in [4.78, 5) is 36.1. The first kappa shape index (κ1) is 13.5. The van der Waals surface area contributed by atoms with E-state index in [0.29, 0.717) is 13.0 Å². The molecule has 0 aromatic carbocycles. The minimum Gasteiger partial charge on any atom is -0.338 e. The van der Waals surface area contributed by atoms with Gasteiger partial charge in [0.2, 0.25) is 5.91 Å². The van der Waals surface area contributed by atoms with Crippen molar-refractivity contribution in [3.8, 4) is 0 Å². The molecule has 6 heteroatoms. The third kappa shape index (κ3) is 2.75. The fourth-order valence-electron chi connectivity index (χ4n) is 1.54. The van der Waals surface area contributed by atoms with Gasteiger partial charge in [-0.1, -0.05) is 0 Å². The molecule has 0 aromatic heterocycles. The molecule has 1 fully saturated rings. The van der Waals surface area contributed by atoms with Crippen LogP contribution >= 0.6 is 0 Å². The lowest BCUT2D eigenvalue weighted by molar-refractivity contribution is -0.143. The molecule has 1 aliphatic heterocycles. The molecule has 17 heavy (non-hydrogen) atoms. The molecule has 1 atom stereocenters. The number of ketones is 1. The van der Waals surface area contributed by atoms with Crippen LogP contribution in [0.15, 0.2) is 0 Å². The summed E-state index contributed by atoms with van der Waals surface area (Å²) in [7, 11) is 1.58. The minimum absolute atomic E-state index is 0.0892. The van der Waals surface area contributed by atoms with E-state index in [1.165, 1.54) is 11.8 Å². The van der Waals surface area contributed by atoms with E-state index in [1.54, 1.807) is 20.9 Å². The highest BCUT2D eigenvalue weighted by Gasteiger charge is 2.36. The van der Waals surface area contributed by atoms with Crippen molar-refractivity contribution < 1.29 is 14.4 Å². The Bertz CT molecular complexity index is 352. The van der Waals surface area contributed by atoms with Gasteiger partial charge in [0.1, 0.15) is 6.04 Å². The SMILES string of the molecule is CC(=O)C(C)(C)N(C)C(=O)C1CCNC(=O)N1. The van der Waals surface area contributed by atoms with Gasteiger partial charge in [0, 0.05) is 13.6 Å². The molecule has 0 saturated carbocycles. The van der Waals surface area contributed by atoms with E-state index < -0.39 is 11.6 Å². The molecular weight excluding hydrogens is 222 g/mol. The Morgan fingerprint density at radius 2 is 2.00 bits per heavy atom. The van der Waals surface area contributed by atoms with E-state index in [0.717, 1.165) is 0 Å². The summed E-state index contributed by atoms with van der Waals surface area (Å²) in [6, 6.07) is -0.893. The number of urea groups is 1. The normalized spacial score (nSPS) is 20.2. The zero-order valence-electron chi connectivity index (χ0n) is 10.7. The van der Waals surface area contributed by atoms with Crippen molar-refractivity contribution in [3.63, 3.8) is 0 Å². The predicted octanol–water partition coefficient (Wildman–Crippen LogP) is -0.116. The molecule has 1 unspecified atom stereocenters. The van der Waals surface area contributed by atoms with Crippen molar-refractivity contribution in [2.24, 2.45) is 0 Å². The Hall–Kier alpha value is -1.59. The van der Waals surface area contributed by atoms with Gasteiger partial charge in [0.15, 0.2) is 5.78 Å². The van der Waals surface area contributed by atoms with Crippen LogP contribution < -0.4 is 10.6 Å². The van der Waals surface area contributed by atoms with Crippen LogP contribution in [0, 0.1) is 0 Å². The Balaban J connectivity index is 2.75. The minimum atomic E-state index is -0.854. The highest BCUT2D eigenvalue weighted by atomic mass is 16.2. The summed E-state index contributed by atoms with van der Waals surface area (Å²) >= 11 is 0. The van der Waals surface area contributed by atoms with Crippen LogP contribution in [-0.2, 0) is 9.59 Å². The lowest BCUT2D eigenvalue weighted by Gasteiger charge is -2.36. The van der Waals surface area contributed by atoms with E-state index in [9.17, 15) is 14.4 Å². The number of hydrogen-bond donors (Lipinski definition) is 2. The van der Waals surface area contributed by atoms with Crippen LogP contribution in [0.3, 0.4) is 0 Å². The molecule has 2 N–H and O–H groups in total. The molecule has 1 saturated heterocycles. The number of rotatable bonds is 3. The van der Waals surface area contributed by atoms with Crippen LogP contribution in [0.5, 0.6) is 0 Å². The van der Waals surface area contributed by atoms with Crippen LogP contribution in [0.1, 0.15) is 27.2 Å². The van der Waals surface area contributed by atoms with E-state index in [-0.39, 0.29) is 17.7 Å². The number of likely N-dealkylation sites (N-methyl/N-ethyl adjacent to an activating group) is 1. The smallest absolute Gasteiger partial charge is 0.315 e. The Labute approximate surface area is 101 Å². The van der Waals surface area contributed by atoms with Crippen molar-refractivity contribution in [3.05, 3.63) is 0 Å². The van der Waals surface area contributed by atoms with Gasteiger partial charge >= 0.3 is 6.03 Å². The third-order valence-corrected chi connectivity index (χ3v) is 3.35. The number of hydrogen-bond acceptors (Lipinski definition) is 3. The zero-order chi connectivity index (χ0) is 13.2. The predicted molar refractivity (Wildman–Crippen MR) is 62.5 cm³/mol. The summed E-state index contributed by atoms with van der Waals surface area (Å²) in [5.41, 5.74) is -0.854. The van der Waals surface area contributed by atoms with E-state index in [1.807, 2.05) is 0 Å². The quantitative estimate of drug-likeness (QED) is 0.723. The summed E-state index contributed by atoms with van der Waals surface area (Å²) < 4.78 is 0. The van der Waals surface area contributed by atoms with E-state index >= 15 is 0 Å². The van der Waals surface area contributed by atoms with Crippen LogP contribution in [0.4, 0.5) is 4.79 Å². The lowest BCUT2D eigenvalue weighted by Crippen LogP contribution is -2.60. The van der Waals surface area contributed by atoms with Crippen molar-refractivity contribution in [1.29, 1.82) is 0 Å². The number of nitrogens with one attached hydrogen (secondary N) is 2. The number of carbonyl (C=O) groups is 3. The molecular formula is C11H19N3O3. The maximum absolute atomic E-state index is 12.1. The molecule has 96 valence electrons. The molecule has 6 nitrogen and oxygen atoms in total. The van der Waals surface area contributed by atoms with Crippen molar-refractivity contribution in [1.82, 2.24) is 15.5 Å². The summed E-state index contributed by atoms with van der Waals surface area (Å²) in [6.07, 6.45) is 0.531. The molecule has 3 amide bonds. The lowest BCUT2D eigenvalue weighted by atomic mass is 9.97. The fourth-order valence-corrected chi connectivity index (χ4v) is 1.54. The van der Waals surface area contributed by atoms with Gasteiger partial charge in [-0.3, -0.25) is 9.59 Å². The highest BCUT2D eigenvalue weighted by Crippen LogP contribution is 2.16. The van der Waals surface area contributed by atoms with Crippen LogP contribution in [-0.4, -0.2) is 47.8 Å². The van der Waals surface area contributed by atoms with Gasteiger partial charge in [-0.25, -0.2) is 4.79 Å². The van der Waals surface area contributed by atoms with E-state index in [4.69, 9.17) is 0 Å². The van der Waals surface area contributed by atoms with Crippen molar-refractivity contribution in [2.75, 3.05) is 13.6 Å². The molecule has 1 aliphatic rings. The van der Waals surface area contributed by atoms with Gasteiger partial charge in [-0.15, -0.1) is 0 Å². The molecule has 0 aromatic rings. The number of nitrogens with zero attached hydrogens (tertiary/aromatic N) is 1. The van der Waals surface area contributed by atoms with E-state index in [2.05, 4.69) is 10.6 Å². The second kappa shape index (κ2) is 4.73. The van der Waals surface area contributed by atoms with Gasteiger partial charge in [-0.2, -0.15) is 0 Å². The van der Waals surface area contributed by atoms with Crippen molar-refractivity contribution in [2.45, 2.75) is 38.8 Å². The first-order valence-corrected chi connectivity index (χ1v) is 5.60. The largest absolute Gasteiger partial charge is 0.338 e. The highest BCUT2D eigenvalue weighted by molar-refractivity contribution is 5.94. The molecule has 0 aliphatic carbocycles. The van der Waals surface area contributed by atoms with Gasteiger partial charge in [0.25, 0.3) is 0 Å². The molecule has 0 bridgehead atoms. The summed E-state index contributed by atoms with van der Waals surface area (Å²) in [6.45, 7) is 5.30. The first-order chi connectivity index (χ1) is 7.76. The second-order valence-corrected chi connectivity index (χ2v) is 4.75. The Kier molecular flexibility index (Phi) is 3.75. The van der Waals surface area contributed by atoms with Gasteiger partial charge in [0.05, 0.1) is 5.54 Å². The number of carbonyl (C=O) groups excluding carboxylic acids is 3. The molecule has 1 heterocycles. The Morgan fingerprint density at radius 3 is 2.47 bits per heavy atom. The molecule has 0 radical (unpaired) electrons. The monoisotopic (exact) mass is 241 g/mol. The van der Waals surface area contributed by atoms with Crippen LogP contribution in [0.25, 0.3) is 0 Å². The first-order valence-electron chi connectivity index (χ1n) is 5.60. The van der Waals surface area contributed by atoms with Crippen LogP contribution in [0.2, 0.25) is 0 Å². The number of Topliss-reactive ketones (excluding diaryl/α,β-unsaturated/α-hetero) is 1. The van der Waals surface area contributed by atoms with Crippen molar-refractivity contribution >= 4 is 17.7 Å². The van der Waals surface area contributed by atoms with Gasteiger partial charge < -0.3 is 15.5 Å². The third-order valence-electron chi connectivity index (χ3n) is 3.35. The average Bonchev–Trinajstić information content (AvgIpc) is 2.26. The molecule has 1 rings (SSSR count). The summed E-state index contributed by atoms with van der Waals surface area (Å²) in [5, 5.41) is 5.14. The zero-order valence-corrected chi connectivity index (χ0v) is 10.7. The molecule has 0 spiro atoms. The fraction of sp³-hybridized carbons (Fsp3) is 0.727.